The molecule has 4 nitrogen and oxygen atoms in total. The molecular weight excluding hydrogens is 238 g/mol. The summed E-state index contributed by atoms with van der Waals surface area (Å²) >= 11 is 6.05. The maximum absolute atomic E-state index is 8.86. The third-order valence-electron chi connectivity index (χ3n) is 2.94. The van der Waals surface area contributed by atoms with Crippen molar-refractivity contribution >= 4 is 17.4 Å². The number of nitrogens with one attached hydrogen (secondary N) is 1. The lowest BCUT2D eigenvalue weighted by atomic mass is 10.0. The number of pyridine rings is 1. The van der Waals surface area contributed by atoms with Gasteiger partial charge in [0.05, 0.1) is 11.2 Å². The summed E-state index contributed by atoms with van der Waals surface area (Å²) in [6.45, 7) is 3.52. The topological polar surface area (TPSA) is 57.9 Å². The van der Waals surface area contributed by atoms with Crippen LogP contribution >= 0.6 is 11.6 Å². The lowest BCUT2D eigenvalue weighted by Crippen LogP contribution is -2.32. The number of anilines is 1. The lowest BCUT2D eigenvalue weighted by molar-refractivity contribution is 0.0315. The van der Waals surface area contributed by atoms with Crippen molar-refractivity contribution in [3.8, 4) is 6.07 Å². The first kappa shape index (κ1) is 12.2. The van der Waals surface area contributed by atoms with Crippen molar-refractivity contribution in [3.05, 3.63) is 22.8 Å². The van der Waals surface area contributed by atoms with Crippen molar-refractivity contribution in [3.63, 3.8) is 0 Å². The molecule has 0 aromatic carbocycles. The van der Waals surface area contributed by atoms with E-state index < -0.39 is 0 Å². The summed E-state index contributed by atoms with van der Waals surface area (Å²) in [5.74, 6) is 0.544. The van der Waals surface area contributed by atoms with Gasteiger partial charge in [0.15, 0.2) is 0 Å². The molecule has 1 fully saturated rings. The zero-order valence-electron chi connectivity index (χ0n) is 9.66. The second kappa shape index (κ2) is 4.91. The minimum absolute atomic E-state index is 0.159. The molecule has 17 heavy (non-hydrogen) atoms. The van der Waals surface area contributed by atoms with Crippen LogP contribution in [0.2, 0.25) is 5.02 Å². The molecule has 1 unspecified atom stereocenters. The van der Waals surface area contributed by atoms with Crippen molar-refractivity contribution in [2.75, 3.05) is 18.5 Å². The Bertz CT molecular complexity index is 450. The molecule has 1 N–H and O–H groups in total. The highest BCUT2D eigenvalue weighted by molar-refractivity contribution is 6.34. The molecule has 1 aliphatic heterocycles. The van der Waals surface area contributed by atoms with Gasteiger partial charge in [0.25, 0.3) is 0 Å². The molecule has 0 spiro atoms. The molecule has 0 aliphatic carbocycles. The molecule has 90 valence electrons. The van der Waals surface area contributed by atoms with Crippen LogP contribution in [0, 0.1) is 11.3 Å². The second-order valence-corrected chi connectivity index (χ2v) is 4.77. The van der Waals surface area contributed by atoms with Gasteiger partial charge in [0, 0.05) is 19.3 Å². The number of nitriles is 1. The molecule has 1 aromatic heterocycles. The predicted octanol–water partition coefficient (Wildman–Crippen LogP) is 2.59. The Labute approximate surface area is 106 Å². The van der Waals surface area contributed by atoms with E-state index in [0.29, 0.717) is 22.9 Å². The molecule has 2 rings (SSSR count). The molecule has 1 atom stereocenters. The normalized spacial score (nSPS) is 23.4. The molecule has 1 aliphatic rings. The Hall–Kier alpha value is -1.31. The summed E-state index contributed by atoms with van der Waals surface area (Å²) in [5, 5.41) is 12.4. The van der Waals surface area contributed by atoms with E-state index in [1.54, 1.807) is 12.3 Å². The maximum Gasteiger partial charge on any atom is 0.146 e. The van der Waals surface area contributed by atoms with Gasteiger partial charge in [-0.25, -0.2) is 4.98 Å². The molecule has 2 heterocycles. The summed E-state index contributed by atoms with van der Waals surface area (Å²) in [4.78, 5) is 4.13. The highest BCUT2D eigenvalue weighted by Crippen LogP contribution is 2.27. The Balaban J connectivity index is 2.07. The van der Waals surface area contributed by atoms with Crippen LogP contribution in [0.4, 0.5) is 5.82 Å². The molecule has 0 saturated carbocycles. The largest absolute Gasteiger partial charge is 0.373 e. The number of rotatable bonds is 3. The monoisotopic (exact) mass is 251 g/mol. The summed E-state index contributed by atoms with van der Waals surface area (Å²) in [5.41, 5.74) is 0.273. The van der Waals surface area contributed by atoms with E-state index in [2.05, 4.69) is 17.2 Å². The first-order valence-electron chi connectivity index (χ1n) is 5.57. The van der Waals surface area contributed by atoms with Crippen LogP contribution in [0.5, 0.6) is 0 Å². The Morgan fingerprint density at radius 3 is 3.18 bits per heavy atom. The smallest absolute Gasteiger partial charge is 0.146 e. The van der Waals surface area contributed by atoms with Crippen molar-refractivity contribution in [1.82, 2.24) is 4.98 Å². The number of halogens is 1. The summed E-state index contributed by atoms with van der Waals surface area (Å²) < 4.78 is 5.66. The Morgan fingerprint density at radius 2 is 2.53 bits per heavy atom. The van der Waals surface area contributed by atoms with Crippen molar-refractivity contribution in [2.45, 2.75) is 25.4 Å². The van der Waals surface area contributed by atoms with Gasteiger partial charge >= 0.3 is 0 Å². The Morgan fingerprint density at radius 1 is 1.71 bits per heavy atom. The number of ether oxygens (including phenoxy) is 1. The molecule has 5 heteroatoms. The maximum atomic E-state index is 8.86. The third-order valence-corrected chi connectivity index (χ3v) is 3.32. The fourth-order valence-corrected chi connectivity index (χ4v) is 2.12. The number of hydrogen-bond acceptors (Lipinski definition) is 4. The number of nitrogens with zero attached hydrogens (tertiary/aromatic N) is 2. The van der Waals surface area contributed by atoms with Gasteiger partial charge in [0.1, 0.15) is 16.9 Å². The molecule has 0 amide bonds. The lowest BCUT2D eigenvalue weighted by Gasteiger charge is -2.23. The second-order valence-electron chi connectivity index (χ2n) is 4.39. The van der Waals surface area contributed by atoms with E-state index in [1.165, 1.54) is 0 Å². The van der Waals surface area contributed by atoms with Crippen LogP contribution in [0.25, 0.3) is 0 Å². The van der Waals surface area contributed by atoms with E-state index in [9.17, 15) is 0 Å². The first-order chi connectivity index (χ1) is 8.14. The molecule has 1 saturated heterocycles. The average Bonchev–Trinajstić information content (AvgIpc) is 2.75. The van der Waals surface area contributed by atoms with Gasteiger partial charge in [-0.1, -0.05) is 11.6 Å². The quantitative estimate of drug-likeness (QED) is 0.897. The third kappa shape index (κ3) is 2.68. The fourth-order valence-electron chi connectivity index (χ4n) is 1.90. The summed E-state index contributed by atoms with van der Waals surface area (Å²) in [6, 6.07) is 3.63. The van der Waals surface area contributed by atoms with E-state index in [-0.39, 0.29) is 5.60 Å². The van der Waals surface area contributed by atoms with Gasteiger partial charge in [-0.05, 0) is 25.8 Å². The highest BCUT2D eigenvalue weighted by Gasteiger charge is 2.29. The zero-order valence-corrected chi connectivity index (χ0v) is 10.4. The molecule has 1 aromatic rings. The van der Waals surface area contributed by atoms with Gasteiger partial charge in [0.2, 0.25) is 0 Å². The van der Waals surface area contributed by atoms with Crippen LogP contribution in [-0.4, -0.2) is 23.7 Å². The predicted molar refractivity (Wildman–Crippen MR) is 66.0 cm³/mol. The standard InChI is InChI=1S/C12H14ClN3O/c1-12(4-2-6-17-12)8-16-11-10(13)9(7-14)3-5-15-11/h3,5H,2,4,6,8H2,1H3,(H,15,16). The van der Waals surface area contributed by atoms with Crippen molar-refractivity contribution < 1.29 is 4.74 Å². The van der Waals surface area contributed by atoms with Gasteiger partial charge in [-0.2, -0.15) is 5.26 Å². The van der Waals surface area contributed by atoms with Crippen LogP contribution in [0.15, 0.2) is 12.3 Å². The summed E-state index contributed by atoms with van der Waals surface area (Å²) in [6.07, 6.45) is 3.68. The highest BCUT2D eigenvalue weighted by atomic mass is 35.5. The minimum Gasteiger partial charge on any atom is -0.373 e. The first-order valence-corrected chi connectivity index (χ1v) is 5.95. The van der Waals surface area contributed by atoms with Gasteiger partial charge in [-0.15, -0.1) is 0 Å². The van der Waals surface area contributed by atoms with Crippen LogP contribution in [0.3, 0.4) is 0 Å². The van der Waals surface area contributed by atoms with Crippen molar-refractivity contribution in [1.29, 1.82) is 5.26 Å². The van der Waals surface area contributed by atoms with E-state index in [1.807, 2.05) is 6.07 Å². The van der Waals surface area contributed by atoms with E-state index in [0.717, 1.165) is 19.4 Å². The van der Waals surface area contributed by atoms with Gasteiger partial charge < -0.3 is 10.1 Å². The van der Waals surface area contributed by atoms with Crippen molar-refractivity contribution in [2.24, 2.45) is 0 Å². The van der Waals surface area contributed by atoms with Crippen LogP contribution in [-0.2, 0) is 4.74 Å². The number of aromatic nitrogens is 1. The molecular formula is C12H14ClN3O. The molecule has 0 radical (unpaired) electrons. The zero-order chi connectivity index (χ0) is 12.3. The summed E-state index contributed by atoms with van der Waals surface area (Å²) in [7, 11) is 0. The van der Waals surface area contributed by atoms with Crippen LogP contribution in [0.1, 0.15) is 25.3 Å². The number of hydrogen-bond donors (Lipinski definition) is 1. The molecule has 0 bridgehead atoms. The minimum atomic E-state index is -0.159. The van der Waals surface area contributed by atoms with E-state index in [4.69, 9.17) is 21.6 Å². The van der Waals surface area contributed by atoms with E-state index >= 15 is 0 Å². The SMILES string of the molecule is CC1(CNc2nccc(C#N)c2Cl)CCCO1. The van der Waals surface area contributed by atoms with Crippen LogP contribution < -0.4 is 5.32 Å². The fraction of sp³-hybridized carbons (Fsp3) is 0.500. The average molecular weight is 252 g/mol. The van der Waals surface area contributed by atoms with Gasteiger partial charge in [-0.3, -0.25) is 0 Å². The Kier molecular flexibility index (Phi) is 3.51.